The van der Waals surface area contributed by atoms with Gasteiger partial charge in [0.1, 0.15) is 5.75 Å². The van der Waals surface area contributed by atoms with Crippen LogP contribution in [0.25, 0.3) is 0 Å². The molecule has 4 nitrogen and oxygen atoms in total. The number of nitrogens with one attached hydrogen (secondary N) is 1. The number of aliphatic hydroxyl groups is 1. The zero-order valence-corrected chi connectivity index (χ0v) is 10.2. The topological polar surface area (TPSA) is 58.6 Å². The molecule has 0 saturated heterocycles. The molecule has 6 heteroatoms. The van der Waals surface area contributed by atoms with E-state index in [2.05, 4.69) is 5.32 Å². The molecule has 1 saturated carbocycles. The number of hydrogen-bond acceptors (Lipinski definition) is 3. The lowest BCUT2D eigenvalue weighted by molar-refractivity contribution is -0.131. The minimum absolute atomic E-state index is 0.0589. The highest BCUT2D eigenvalue weighted by Crippen LogP contribution is 2.37. The van der Waals surface area contributed by atoms with Crippen molar-refractivity contribution in [2.24, 2.45) is 0 Å². The van der Waals surface area contributed by atoms with Gasteiger partial charge in [-0.25, -0.2) is 8.78 Å². The Balaban J connectivity index is 1.71. The summed E-state index contributed by atoms with van der Waals surface area (Å²) < 4.78 is 30.3. The molecule has 0 aromatic heterocycles. The van der Waals surface area contributed by atoms with E-state index in [9.17, 15) is 13.6 Å². The van der Waals surface area contributed by atoms with Crippen molar-refractivity contribution in [3.05, 3.63) is 29.8 Å². The molecule has 0 spiro atoms. The molecular weight excluding hydrogens is 256 g/mol. The standard InChI is InChI=1S/C13H15F2NO3/c14-13(15)5-10(6-13)16-12(18)8-19-11-3-1-9(7-17)2-4-11/h1-4,10,17H,5-8H2,(H,16,18). The van der Waals surface area contributed by atoms with E-state index in [0.29, 0.717) is 5.75 Å². The van der Waals surface area contributed by atoms with Gasteiger partial charge in [-0.2, -0.15) is 0 Å². The maximum atomic E-state index is 12.6. The summed E-state index contributed by atoms with van der Waals surface area (Å²) in [5.74, 6) is -2.56. The van der Waals surface area contributed by atoms with Gasteiger partial charge in [0.25, 0.3) is 11.8 Å². The van der Waals surface area contributed by atoms with Crippen molar-refractivity contribution >= 4 is 5.91 Å². The molecule has 1 aromatic carbocycles. The van der Waals surface area contributed by atoms with E-state index in [-0.39, 0.29) is 26.1 Å². The Morgan fingerprint density at radius 2 is 2.00 bits per heavy atom. The van der Waals surface area contributed by atoms with Gasteiger partial charge in [-0.15, -0.1) is 0 Å². The molecule has 0 unspecified atom stereocenters. The molecule has 1 aliphatic carbocycles. The first-order valence-electron chi connectivity index (χ1n) is 5.98. The van der Waals surface area contributed by atoms with Gasteiger partial charge in [0, 0.05) is 18.9 Å². The molecule has 2 rings (SSSR count). The summed E-state index contributed by atoms with van der Waals surface area (Å²) in [7, 11) is 0. The molecule has 1 fully saturated rings. The second-order valence-corrected chi connectivity index (χ2v) is 4.62. The van der Waals surface area contributed by atoms with Gasteiger partial charge in [0.05, 0.1) is 6.61 Å². The van der Waals surface area contributed by atoms with Crippen molar-refractivity contribution < 1.29 is 23.4 Å². The Morgan fingerprint density at radius 1 is 1.37 bits per heavy atom. The summed E-state index contributed by atoms with van der Waals surface area (Å²) in [6, 6.07) is 6.18. The number of rotatable bonds is 5. The van der Waals surface area contributed by atoms with Crippen molar-refractivity contribution in [3.8, 4) is 5.75 Å². The van der Waals surface area contributed by atoms with Gasteiger partial charge in [-0.05, 0) is 17.7 Å². The van der Waals surface area contributed by atoms with E-state index in [1.165, 1.54) is 0 Å². The Kier molecular flexibility index (Phi) is 3.99. The second-order valence-electron chi connectivity index (χ2n) is 4.62. The number of hydrogen-bond donors (Lipinski definition) is 2. The first-order chi connectivity index (χ1) is 8.98. The van der Waals surface area contributed by atoms with Gasteiger partial charge in [-0.1, -0.05) is 12.1 Å². The van der Waals surface area contributed by atoms with Crippen LogP contribution in [-0.4, -0.2) is 29.6 Å². The van der Waals surface area contributed by atoms with Gasteiger partial charge in [-0.3, -0.25) is 4.79 Å². The van der Waals surface area contributed by atoms with Crippen LogP contribution in [0.3, 0.4) is 0 Å². The maximum absolute atomic E-state index is 12.6. The Labute approximate surface area is 109 Å². The van der Waals surface area contributed by atoms with E-state index in [1.54, 1.807) is 24.3 Å². The highest BCUT2D eigenvalue weighted by Gasteiger charge is 2.45. The molecule has 0 heterocycles. The number of aliphatic hydroxyl groups excluding tert-OH is 1. The minimum atomic E-state index is -2.64. The van der Waals surface area contributed by atoms with Gasteiger partial charge in [0.15, 0.2) is 6.61 Å². The summed E-state index contributed by atoms with van der Waals surface area (Å²) in [5.41, 5.74) is 0.744. The van der Waals surface area contributed by atoms with Crippen LogP contribution in [0.1, 0.15) is 18.4 Å². The lowest BCUT2D eigenvalue weighted by Crippen LogP contribution is -2.51. The third-order valence-electron chi connectivity index (χ3n) is 2.93. The molecule has 0 aliphatic heterocycles. The molecule has 19 heavy (non-hydrogen) atoms. The summed E-state index contributed by atoms with van der Waals surface area (Å²) in [5, 5.41) is 11.3. The summed E-state index contributed by atoms with van der Waals surface area (Å²) in [4.78, 5) is 11.4. The average Bonchev–Trinajstić information content (AvgIpc) is 2.35. The first-order valence-corrected chi connectivity index (χ1v) is 5.98. The Bertz CT molecular complexity index is 440. The number of alkyl halides is 2. The van der Waals surface area contributed by atoms with Gasteiger partial charge >= 0.3 is 0 Å². The molecule has 1 amide bonds. The van der Waals surface area contributed by atoms with Crippen LogP contribution in [0.2, 0.25) is 0 Å². The molecule has 2 N–H and O–H groups in total. The highest BCUT2D eigenvalue weighted by atomic mass is 19.3. The molecule has 0 atom stereocenters. The van der Waals surface area contributed by atoms with Crippen LogP contribution in [0, 0.1) is 0 Å². The second kappa shape index (κ2) is 5.52. The molecule has 1 aliphatic rings. The zero-order chi connectivity index (χ0) is 13.9. The lowest BCUT2D eigenvalue weighted by atomic mass is 9.88. The number of carbonyl (C=O) groups is 1. The molecule has 0 bridgehead atoms. The third kappa shape index (κ3) is 3.89. The van der Waals surface area contributed by atoms with Gasteiger partial charge < -0.3 is 15.2 Å². The largest absolute Gasteiger partial charge is 0.484 e. The van der Waals surface area contributed by atoms with Crippen molar-refractivity contribution in [2.45, 2.75) is 31.4 Å². The van der Waals surface area contributed by atoms with Crippen LogP contribution in [-0.2, 0) is 11.4 Å². The van der Waals surface area contributed by atoms with Crippen LogP contribution in [0.4, 0.5) is 8.78 Å². The number of amides is 1. The van der Waals surface area contributed by atoms with E-state index in [0.717, 1.165) is 5.56 Å². The number of carbonyl (C=O) groups excluding carboxylic acids is 1. The monoisotopic (exact) mass is 271 g/mol. The quantitative estimate of drug-likeness (QED) is 0.852. The van der Waals surface area contributed by atoms with Gasteiger partial charge in [0.2, 0.25) is 0 Å². The summed E-state index contributed by atoms with van der Waals surface area (Å²) >= 11 is 0. The minimum Gasteiger partial charge on any atom is -0.484 e. The van der Waals surface area contributed by atoms with E-state index in [4.69, 9.17) is 9.84 Å². The summed E-state index contributed by atoms with van der Waals surface area (Å²) in [6.07, 6.45) is -0.603. The number of benzene rings is 1. The van der Waals surface area contributed by atoms with Crippen molar-refractivity contribution in [3.63, 3.8) is 0 Å². The smallest absolute Gasteiger partial charge is 0.258 e. The number of ether oxygens (including phenoxy) is 1. The lowest BCUT2D eigenvalue weighted by Gasteiger charge is -2.35. The van der Waals surface area contributed by atoms with Crippen molar-refractivity contribution in [2.75, 3.05) is 6.61 Å². The molecule has 1 aromatic rings. The van der Waals surface area contributed by atoms with Crippen LogP contribution in [0.15, 0.2) is 24.3 Å². The summed E-state index contributed by atoms with van der Waals surface area (Å²) in [6.45, 7) is -0.267. The first kappa shape index (κ1) is 13.7. The fraction of sp³-hybridized carbons (Fsp3) is 0.462. The predicted octanol–water partition coefficient (Wildman–Crippen LogP) is 1.47. The Morgan fingerprint density at radius 3 is 2.53 bits per heavy atom. The molecular formula is C13H15F2NO3. The number of halogens is 2. The van der Waals surface area contributed by atoms with Crippen LogP contribution >= 0.6 is 0 Å². The predicted molar refractivity (Wildman–Crippen MR) is 64.0 cm³/mol. The van der Waals surface area contributed by atoms with Crippen LogP contribution < -0.4 is 10.1 Å². The fourth-order valence-corrected chi connectivity index (χ4v) is 1.87. The van der Waals surface area contributed by atoms with Crippen molar-refractivity contribution in [1.82, 2.24) is 5.32 Å². The molecule has 0 radical (unpaired) electrons. The third-order valence-corrected chi connectivity index (χ3v) is 2.93. The average molecular weight is 271 g/mol. The zero-order valence-electron chi connectivity index (χ0n) is 10.2. The Hall–Kier alpha value is -1.69. The SMILES string of the molecule is O=C(COc1ccc(CO)cc1)NC1CC(F)(F)C1. The van der Waals surface area contributed by atoms with Crippen LogP contribution in [0.5, 0.6) is 5.75 Å². The van der Waals surface area contributed by atoms with E-state index >= 15 is 0 Å². The normalized spacial score (nSPS) is 17.6. The highest BCUT2D eigenvalue weighted by molar-refractivity contribution is 5.78. The molecule has 104 valence electrons. The van der Waals surface area contributed by atoms with E-state index in [1.807, 2.05) is 0 Å². The van der Waals surface area contributed by atoms with Crippen molar-refractivity contribution in [1.29, 1.82) is 0 Å². The fourth-order valence-electron chi connectivity index (χ4n) is 1.87. The van der Waals surface area contributed by atoms with E-state index < -0.39 is 17.9 Å². The maximum Gasteiger partial charge on any atom is 0.258 e.